The molecule has 6 heteroatoms. The predicted molar refractivity (Wildman–Crippen MR) is 60.4 cm³/mol. The van der Waals surface area contributed by atoms with Crippen LogP contribution in [-0.2, 0) is 28.6 Å². The Morgan fingerprint density at radius 1 is 0.944 bits per heavy atom. The fourth-order valence-corrected chi connectivity index (χ4v) is 1.76. The summed E-state index contributed by atoms with van der Waals surface area (Å²) in [6, 6.07) is 0. The highest BCUT2D eigenvalue weighted by atomic mass is 16.6. The van der Waals surface area contributed by atoms with Crippen LogP contribution >= 0.6 is 0 Å². The van der Waals surface area contributed by atoms with Gasteiger partial charge in [-0.2, -0.15) is 0 Å². The molecule has 6 nitrogen and oxygen atoms in total. The van der Waals surface area contributed by atoms with Crippen LogP contribution in [0.5, 0.6) is 0 Å². The lowest BCUT2D eigenvalue weighted by atomic mass is 9.98. The average Bonchev–Trinajstić information content (AvgIpc) is 2.20. The van der Waals surface area contributed by atoms with Crippen molar-refractivity contribution in [2.45, 2.75) is 45.5 Å². The van der Waals surface area contributed by atoms with Crippen LogP contribution < -0.4 is 0 Å². The zero-order valence-electron chi connectivity index (χ0n) is 10.5. The van der Waals surface area contributed by atoms with Crippen molar-refractivity contribution in [3.05, 3.63) is 12.2 Å². The molecule has 0 spiro atoms. The Balaban J connectivity index is 2.84. The number of rotatable bonds is 3. The van der Waals surface area contributed by atoms with Gasteiger partial charge in [-0.25, -0.2) is 0 Å². The molecule has 1 aliphatic rings. The van der Waals surface area contributed by atoms with E-state index in [4.69, 9.17) is 14.2 Å². The minimum Gasteiger partial charge on any atom is -0.458 e. The van der Waals surface area contributed by atoms with Crippen molar-refractivity contribution in [1.29, 1.82) is 0 Å². The molecule has 0 saturated heterocycles. The van der Waals surface area contributed by atoms with Gasteiger partial charge in [0.2, 0.25) is 0 Å². The molecule has 0 saturated carbocycles. The van der Waals surface area contributed by atoms with E-state index < -0.39 is 36.2 Å². The molecule has 3 atom stereocenters. The molecular weight excluding hydrogens is 240 g/mol. The monoisotopic (exact) mass is 256 g/mol. The van der Waals surface area contributed by atoms with Crippen LogP contribution in [0.2, 0.25) is 0 Å². The predicted octanol–water partition coefficient (Wildman–Crippen LogP) is 0.741. The van der Waals surface area contributed by atoms with Gasteiger partial charge < -0.3 is 14.2 Å². The van der Waals surface area contributed by atoms with Crippen LogP contribution in [0.4, 0.5) is 0 Å². The Morgan fingerprint density at radius 3 is 2.00 bits per heavy atom. The first-order valence-electron chi connectivity index (χ1n) is 5.58. The third kappa shape index (κ3) is 4.20. The Morgan fingerprint density at radius 2 is 1.50 bits per heavy atom. The van der Waals surface area contributed by atoms with Gasteiger partial charge in [0, 0.05) is 27.2 Å². The molecule has 0 amide bonds. The SMILES string of the molecule is CC(=O)O[C@H]1[C@H](OC(C)=O)C=CC[C@H]1OC(C)=O. The van der Waals surface area contributed by atoms with E-state index in [1.54, 1.807) is 12.2 Å². The van der Waals surface area contributed by atoms with Gasteiger partial charge >= 0.3 is 17.9 Å². The van der Waals surface area contributed by atoms with Gasteiger partial charge in [-0.05, 0) is 6.08 Å². The Labute approximate surface area is 105 Å². The lowest BCUT2D eigenvalue weighted by Gasteiger charge is -2.32. The van der Waals surface area contributed by atoms with Gasteiger partial charge in [-0.1, -0.05) is 6.08 Å². The van der Waals surface area contributed by atoms with Crippen molar-refractivity contribution >= 4 is 17.9 Å². The van der Waals surface area contributed by atoms with Gasteiger partial charge in [0.25, 0.3) is 0 Å². The molecular formula is C12H16O6. The van der Waals surface area contributed by atoms with Crippen LogP contribution in [0.1, 0.15) is 27.2 Å². The van der Waals surface area contributed by atoms with Crippen LogP contribution in [0.25, 0.3) is 0 Å². The molecule has 0 N–H and O–H groups in total. The average molecular weight is 256 g/mol. The number of carbonyl (C=O) groups excluding carboxylic acids is 3. The van der Waals surface area contributed by atoms with Crippen LogP contribution in [0.3, 0.4) is 0 Å². The molecule has 0 aliphatic heterocycles. The fourth-order valence-electron chi connectivity index (χ4n) is 1.76. The third-order valence-corrected chi connectivity index (χ3v) is 2.31. The standard InChI is InChI=1S/C12H16O6/c1-7(13)16-10-5-4-6-11(17-8(2)14)12(10)18-9(3)15/h4-5,10-12H,6H2,1-3H3/t10-,11-,12+/m1/s1. The van der Waals surface area contributed by atoms with Crippen molar-refractivity contribution in [2.24, 2.45) is 0 Å². The molecule has 1 aliphatic carbocycles. The smallest absolute Gasteiger partial charge is 0.303 e. The number of carbonyl (C=O) groups is 3. The van der Waals surface area contributed by atoms with E-state index in [9.17, 15) is 14.4 Å². The summed E-state index contributed by atoms with van der Waals surface area (Å²) in [6.45, 7) is 3.77. The quantitative estimate of drug-likeness (QED) is 0.421. The van der Waals surface area contributed by atoms with Crippen molar-refractivity contribution in [1.82, 2.24) is 0 Å². The summed E-state index contributed by atoms with van der Waals surface area (Å²) in [5.41, 5.74) is 0. The fraction of sp³-hybridized carbons (Fsp3) is 0.583. The summed E-state index contributed by atoms with van der Waals surface area (Å²) in [5.74, 6) is -1.50. The van der Waals surface area contributed by atoms with Gasteiger partial charge in [-0.15, -0.1) is 0 Å². The summed E-state index contributed by atoms with van der Waals surface area (Å²) >= 11 is 0. The van der Waals surface area contributed by atoms with E-state index in [0.717, 1.165) is 0 Å². The zero-order chi connectivity index (χ0) is 13.7. The molecule has 0 unspecified atom stereocenters. The largest absolute Gasteiger partial charge is 0.458 e. The molecule has 0 aromatic rings. The van der Waals surface area contributed by atoms with Crippen molar-refractivity contribution < 1.29 is 28.6 Å². The van der Waals surface area contributed by atoms with Crippen LogP contribution in [-0.4, -0.2) is 36.2 Å². The third-order valence-electron chi connectivity index (χ3n) is 2.31. The van der Waals surface area contributed by atoms with Gasteiger partial charge in [0.1, 0.15) is 6.10 Å². The molecule has 100 valence electrons. The molecule has 0 fully saturated rings. The maximum absolute atomic E-state index is 11.0. The first-order chi connectivity index (χ1) is 8.40. The summed E-state index contributed by atoms with van der Waals surface area (Å²) < 4.78 is 15.2. The highest BCUT2D eigenvalue weighted by Gasteiger charge is 2.37. The van der Waals surface area contributed by atoms with Crippen molar-refractivity contribution in [3.63, 3.8) is 0 Å². The molecule has 0 radical (unpaired) electrons. The summed E-state index contributed by atoms with van der Waals surface area (Å²) in [5, 5.41) is 0. The van der Waals surface area contributed by atoms with E-state index in [2.05, 4.69) is 0 Å². The molecule has 1 rings (SSSR count). The normalized spacial score (nSPS) is 26.3. The highest BCUT2D eigenvalue weighted by Crippen LogP contribution is 2.22. The minimum atomic E-state index is -0.805. The minimum absolute atomic E-state index is 0.412. The van der Waals surface area contributed by atoms with Gasteiger partial charge in [-0.3, -0.25) is 14.4 Å². The molecule has 0 heterocycles. The Bertz CT molecular complexity index is 373. The van der Waals surface area contributed by atoms with E-state index in [0.29, 0.717) is 6.42 Å². The first-order valence-corrected chi connectivity index (χ1v) is 5.58. The number of hydrogen-bond acceptors (Lipinski definition) is 6. The van der Waals surface area contributed by atoms with Crippen LogP contribution in [0.15, 0.2) is 12.2 Å². The second kappa shape index (κ2) is 6.18. The van der Waals surface area contributed by atoms with E-state index >= 15 is 0 Å². The number of ether oxygens (including phenoxy) is 3. The topological polar surface area (TPSA) is 78.9 Å². The van der Waals surface area contributed by atoms with E-state index in [-0.39, 0.29) is 0 Å². The molecule has 18 heavy (non-hydrogen) atoms. The summed E-state index contributed by atoms with van der Waals surface area (Å²) in [4.78, 5) is 33.0. The Hall–Kier alpha value is -1.85. The van der Waals surface area contributed by atoms with Crippen molar-refractivity contribution in [2.75, 3.05) is 0 Å². The first kappa shape index (κ1) is 14.2. The summed E-state index contributed by atoms with van der Waals surface area (Å²) in [7, 11) is 0. The lowest BCUT2D eigenvalue weighted by molar-refractivity contribution is -0.179. The summed E-state index contributed by atoms with van der Waals surface area (Å²) in [6.07, 6.45) is 1.58. The molecule has 0 aromatic heterocycles. The maximum Gasteiger partial charge on any atom is 0.303 e. The number of esters is 3. The lowest BCUT2D eigenvalue weighted by Crippen LogP contribution is -2.45. The van der Waals surface area contributed by atoms with Gasteiger partial charge in [0.15, 0.2) is 12.2 Å². The molecule has 0 aromatic carbocycles. The Kier molecular flexibility index (Phi) is 4.88. The van der Waals surface area contributed by atoms with E-state index in [1.165, 1.54) is 20.8 Å². The second-order valence-electron chi connectivity index (χ2n) is 3.96. The van der Waals surface area contributed by atoms with Crippen LogP contribution in [0, 0.1) is 0 Å². The van der Waals surface area contributed by atoms with E-state index in [1.807, 2.05) is 0 Å². The second-order valence-corrected chi connectivity index (χ2v) is 3.96. The zero-order valence-corrected chi connectivity index (χ0v) is 10.5. The highest BCUT2D eigenvalue weighted by molar-refractivity contribution is 5.68. The molecule has 0 bridgehead atoms. The van der Waals surface area contributed by atoms with Crippen molar-refractivity contribution in [3.8, 4) is 0 Å². The van der Waals surface area contributed by atoms with Gasteiger partial charge in [0.05, 0.1) is 0 Å². The number of hydrogen-bond donors (Lipinski definition) is 0. The maximum atomic E-state index is 11.0.